The van der Waals surface area contributed by atoms with Crippen molar-refractivity contribution in [2.75, 3.05) is 0 Å². The van der Waals surface area contributed by atoms with Gasteiger partial charge in [0.2, 0.25) is 0 Å². The summed E-state index contributed by atoms with van der Waals surface area (Å²) in [6, 6.07) is 1.46. The fraction of sp³-hybridized carbons (Fsp3) is 1.00. The monoisotopic (exact) mass is 89.0 g/mol. The fourth-order valence-electron chi connectivity index (χ4n) is 0. The molecule has 0 nitrogen and oxygen atoms in total. The predicted octanol–water partition coefficient (Wildman–Crippen LogP) is -0.859. The maximum atomic E-state index is 2.25. The normalized spacial score (nSPS) is 8.25. The summed E-state index contributed by atoms with van der Waals surface area (Å²) in [4.78, 5) is 0. The summed E-state index contributed by atoms with van der Waals surface area (Å²) < 4.78 is 0. The highest BCUT2D eigenvalue weighted by atomic mass is 29.1. The van der Waals surface area contributed by atoms with Crippen molar-refractivity contribution in [2.24, 2.45) is 0 Å². The highest BCUT2D eigenvalue weighted by Crippen LogP contribution is 1.59. The molecule has 0 fully saturated rings. The molecule has 0 aliphatic rings. The summed E-state index contributed by atoms with van der Waals surface area (Å²) in [7, 11) is 2.39. The molecule has 4 heavy (non-hydrogen) atoms. The molecule has 0 aliphatic heterocycles. The first-order chi connectivity index (χ1) is 1.91. The van der Waals surface area contributed by atoms with Crippen LogP contribution in [0, 0.1) is 0 Å². The number of hydrogen-bond acceptors (Lipinski definition) is 0. The maximum Gasteiger partial charge on any atom is 0.00908 e. The van der Waals surface area contributed by atoms with Gasteiger partial charge in [-0.3, -0.25) is 0 Å². The van der Waals surface area contributed by atoms with Gasteiger partial charge in [0.25, 0.3) is 0 Å². The lowest BCUT2D eigenvalue weighted by molar-refractivity contribution is 1.47. The van der Waals surface area contributed by atoms with Crippen LogP contribution in [-0.4, -0.2) is 18.8 Å². The van der Waals surface area contributed by atoms with Crippen LogP contribution in [0.4, 0.5) is 0 Å². The summed E-state index contributed by atoms with van der Waals surface area (Å²) in [5, 5.41) is 0. The lowest BCUT2D eigenvalue weighted by Gasteiger charge is -1.65. The molecule has 0 heterocycles. The second kappa shape index (κ2) is 3.43. The topological polar surface area (TPSA) is 0 Å². The van der Waals surface area contributed by atoms with Gasteiger partial charge in [-0.25, -0.2) is 0 Å². The van der Waals surface area contributed by atoms with E-state index in [1.165, 1.54) is 15.8 Å². The van der Waals surface area contributed by atoms with Gasteiger partial charge in [0.05, 0.1) is 0 Å². The largest absolute Gasteiger partial charge is 0.0685 e. The van der Waals surface area contributed by atoms with E-state index in [4.69, 9.17) is 0 Å². The average molecular weight is 89.3 g/mol. The van der Waals surface area contributed by atoms with Crippen LogP contribution >= 0.6 is 0 Å². The molecule has 0 atom stereocenters. The molecule has 0 rings (SSSR count). The third-order valence-electron chi connectivity index (χ3n) is 0.408. The molecule has 0 aromatic carbocycles. The Labute approximate surface area is 32.6 Å². The van der Waals surface area contributed by atoms with Gasteiger partial charge in [-0.1, -0.05) is 13.0 Å². The molecule has 25 valence electrons. The van der Waals surface area contributed by atoms with Crippen molar-refractivity contribution >= 4 is 18.8 Å². The molecule has 0 spiro atoms. The Kier molecular flexibility index (Phi) is 3.81. The summed E-state index contributed by atoms with van der Waals surface area (Å²) in [5.41, 5.74) is 0. The van der Waals surface area contributed by atoms with Crippen LogP contribution in [0.5, 0.6) is 0 Å². The van der Waals surface area contributed by atoms with Crippen LogP contribution in [0.1, 0.15) is 6.92 Å². The summed E-state index contributed by atoms with van der Waals surface area (Å²) in [6.07, 6.45) is 0. The minimum Gasteiger partial charge on any atom is -0.0685 e. The fourth-order valence-corrected chi connectivity index (χ4v) is 0. The molecule has 0 aromatic rings. The van der Waals surface area contributed by atoms with Crippen molar-refractivity contribution in [2.45, 2.75) is 13.0 Å². The van der Waals surface area contributed by atoms with E-state index < -0.39 is 0 Å². The highest BCUT2D eigenvalue weighted by molar-refractivity contribution is 6.89. The maximum absolute atomic E-state index is 2.25. The number of hydrogen-bond donors (Lipinski definition) is 0. The number of rotatable bonds is 1. The molecule has 2 heteroatoms. The van der Waals surface area contributed by atoms with Gasteiger partial charge in [-0.15, -0.1) is 0 Å². The van der Waals surface area contributed by atoms with Gasteiger partial charge in [0, 0.05) is 9.04 Å². The minimum atomic E-state index is 0.921. The molecule has 0 bridgehead atoms. The van der Waals surface area contributed by atoms with E-state index in [-0.39, 0.29) is 0 Å². The van der Waals surface area contributed by atoms with Gasteiger partial charge >= 0.3 is 0 Å². The molecule has 0 aromatic heterocycles. The van der Waals surface area contributed by atoms with Crippen LogP contribution in [0.15, 0.2) is 0 Å². The standard InChI is InChI=1S/C2H9Si2/c1-2-4-3/h4H,2H2,1,3H3. The van der Waals surface area contributed by atoms with E-state index in [1.54, 1.807) is 0 Å². The summed E-state index contributed by atoms with van der Waals surface area (Å²) in [6.45, 7) is 2.25. The van der Waals surface area contributed by atoms with Crippen molar-refractivity contribution < 1.29 is 0 Å². The SMILES string of the molecule is CC[SiH][SiH3]. The first-order valence-electron chi connectivity index (χ1n) is 1.69. The van der Waals surface area contributed by atoms with Crippen LogP contribution in [0.2, 0.25) is 6.04 Å². The lowest BCUT2D eigenvalue weighted by atomic mass is 11.0. The van der Waals surface area contributed by atoms with Gasteiger partial charge in [-0.2, -0.15) is 0 Å². The zero-order chi connectivity index (χ0) is 3.41. The van der Waals surface area contributed by atoms with E-state index in [9.17, 15) is 0 Å². The van der Waals surface area contributed by atoms with Crippen molar-refractivity contribution in [1.82, 2.24) is 0 Å². The quantitative estimate of drug-likeness (QED) is 0.367. The minimum absolute atomic E-state index is 0.921. The molecule has 0 saturated carbocycles. The predicted molar refractivity (Wildman–Crippen MR) is 27.6 cm³/mol. The first-order valence-corrected chi connectivity index (χ1v) is 7.13. The molecule has 0 aliphatic carbocycles. The van der Waals surface area contributed by atoms with Gasteiger partial charge < -0.3 is 0 Å². The third kappa shape index (κ3) is 2.43. The summed E-state index contributed by atoms with van der Waals surface area (Å²) >= 11 is 0. The molecule has 0 N–H and O–H groups in total. The Morgan fingerprint density at radius 1 is 2.00 bits per heavy atom. The molecule has 1 radical (unpaired) electrons. The Morgan fingerprint density at radius 3 is 2.25 bits per heavy atom. The van der Waals surface area contributed by atoms with Crippen molar-refractivity contribution in [3.8, 4) is 0 Å². The Hall–Kier alpha value is 0.434. The Bertz CT molecular complexity index is 6.00. The van der Waals surface area contributed by atoms with E-state index in [0.29, 0.717) is 0 Å². The second-order valence-corrected chi connectivity index (χ2v) is 4.90. The first kappa shape index (κ1) is 4.43. The molecule has 0 amide bonds. The lowest BCUT2D eigenvalue weighted by Crippen LogP contribution is -1.78. The van der Waals surface area contributed by atoms with Crippen LogP contribution in [0.3, 0.4) is 0 Å². The van der Waals surface area contributed by atoms with Gasteiger partial charge in [-0.05, 0) is 9.76 Å². The Balaban J connectivity index is 1.97. The Morgan fingerprint density at radius 2 is 2.25 bits per heavy atom. The van der Waals surface area contributed by atoms with E-state index in [2.05, 4.69) is 6.92 Å². The van der Waals surface area contributed by atoms with E-state index >= 15 is 0 Å². The zero-order valence-corrected chi connectivity index (χ0v) is 6.44. The average Bonchev–Trinajstić information content (AvgIpc) is 1.37. The van der Waals surface area contributed by atoms with Crippen LogP contribution in [-0.2, 0) is 0 Å². The van der Waals surface area contributed by atoms with E-state index in [1.807, 2.05) is 0 Å². The van der Waals surface area contributed by atoms with Gasteiger partial charge in [0.1, 0.15) is 0 Å². The third-order valence-corrected chi connectivity index (χ3v) is 3.67. The van der Waals surface area contributed by atoms with Crippen molar-refractivity contribution in [1.29, 1.82) is 0 Å². The second-order valence-electron chi connectivity index (χ2n) is 0.816. The molecule has 0 saturated heterocycles. The zero-order valence-electron chi connectivity index (χ0n) is 3.28. The van der Waals surface area contributed by atoms with E-state index in [0.717, 1.165) is 9.04 Å². The van der Waals surface area contributed by atoms with Crippen molar-refractivity contribution in [3.63, 3.8) is 0 Å². The molecular formula is C2H9Si2. The molecular weight excluding hydrogens is 80.2 g/mol. The highest BCUT2D eigenvalue weighted by Gasteiger charge is 1.59. The molecule has 0 unspecified atom stereocenters. The van der Waals surface area contributed by atoms with Crippen molar-refractivity contribution in [3.05, 3.63) is 0 Å². The van der Waals surface area contributed by atoms with Crippen LogP contribution < -0.4 is 0 Å². The summed E-state index contributed by atoms with van der Waals surface area (Å²) in [5.74, 6) is 0. The smallest absolute Gasteiger partial charge is 0.00908 e. The van der Waals surface area contributed by atoms with Gasteiger partial charge in [0.15, 0.2) is 0 Å². The van der Waals surface area contributed by atoms with Crippen LogP contribution in [0.25, 0.3) is 0 Å².